The number of hydrogen-bond acceptors (Lipinski definition) is 3. The first-order valence-corrected chi connectivity index (χ1v) is 5.87. The highest BCUT2D eigenvalue weighted by atomic mass is 16.1. The minimum Gasteiger partial charge on any atom is -0.352 e. The molecule has 1 amide bonds. The third-order valence-corrected chi connectivity index (χ3v) is 2.58. The maximum Gasteiger partial charge on any atom is 0.222 e. The maximum absolute atomic E-state index is 11.6. The number of hydrogen-bond donors (Lipinski definition) is 1. The zero-order valence-corrected chi connectivity index (χ0v) is 10.6. The summed E-state index contributed by atoms with van der Waals surface area (Å²) in [5.41, 5.74) is 2.10. The summed E-state index contributed by atoms with van der Waals surface area (Å²) >= 11 is 0. The molecule has 0 saturated heterocycles. The Morgan fingerprint density at radius 1 is 1.33 bits per heavy atom. The fourth-order valence-corrected chi connectivity index (χ4v) is 1.66. The van der Waals surface area contributed by atoms with Gasteiger partial charge in [0.05, 0.1) is 12.4 Å². The highest BCUT2D eigenvalue weighted by Crippen LogP contribution is 1.98. The van der Waals surface area contributed by atoms with Gasteiger partial charge in [0.2, 0.25) is 5.91 Å². The van der Waals surface area contributed by atoms with Gasteiger partial charge in [0.25, 0.3) is 0 Å². The predicted octanol–water partition coefficient (Wildman–Crippen LogP) is 0.632. The molecule has 0 saturated carbocycles. The molecule has 0 unspecified atom stereocenters. The van der Waals surface area contributed by atoms with E-state index in [1.807, 2.05) is 26.4 Å². The lowest BCUT2D eigenvalue weighted by molar-refractivity contribution is -0.121. The Morgan fingerprint density at radius 2 is 2.17 bits per heavy atom. The van der Waals surface area contributed by atoms with Gasteiger partial charge in [-0.2, -0.15) is 10.2 Å². The molecular weight excluding hydrogens is 230 g/mol. The van der Waals surface area contributed by atoms with Gasteiger partial charge in [0.15, 0.2) is 0 Å². The van der Waals surface area contributed by atoms with Crippen molar-refractivity contribution in [2.75, 3.05) is 0 Å². The molecule has 0 fully saturated rings. The first-order chi connectivity index (χ1) is 8.63. The lowest BCUT2D eigenvalue weighted by Gasteiger charge is -2.03. The molecule has 0 bridgehead atoms. The van der Waals surface area contributed by atoms with E-state index in [0.717, 1.165) is 11.1 Å². The SMILES string of the molecule is Cc1cnn(CCC(=O)NCc2cnn(C)c2)c1. The van der Waals surface area contributed by atoms with Crippen molar-refractivity contribution in [2.45, 2.75) is 26.4 Å². The molecule has 2 aromatic heterocycles. The molecular formula is C12H17N5O. The number of carbonyl (C=O) groups is 1. The van der Waals surface area contributed by atoms with E-state index in [1.54, 1.807) is 21.8 Å². The standard InChI is InChI=1S/C12H17N5O/c1-10-5-15-17(8-10)4-3-12(18)13-6-11-7-14-16(2)9-11/h5,7-9H,3-4,6H2,1-2H3,(H,13,18). The summed E-state index contributed by atoms with van der Waals surface area (Å²) in [5.74, 6) is 0.0204. The van der Waals surface area contributed by atoms with Gasteiger partial charge in [0.1, 0.15) is 0 Å². The molecule has 0 aliphatic heterocycles. The number of rotatable bonds is 5. The number of nitrogens with zero attached hydrogens (tertiary/aromatic N) is 4. The maximum atomic E-state index is 11.6. The second kappa shape index (κ2) is 5.48. The van der Waals surface area contributed by atoms with Gasteiger partial charge >= 0.3 is 0 Å². The van der Waals surface area contributed by atoms with Gasteiger partial charge in [-0.05, 0) is 12.5 Å². The fraction of sp³-hybridized carbons (Fsp3) is 0.417. The van der Waals surface area contributed by atoms with Crippen molar-refractivity contribution in [2.24, 2.45) is 7.05 Å². The molecule has 2 rings (SSSR count). The molecule has 6 heteroatoms. The molecule has 96 valence electrons. The summed E-state index contributed by atoms with van der Waals surface area (Å²) in [5, 5.41) is 11.0. The van der Waals surface area contributed by atoms with Crippen molar-refractivity contribution in [1.82, 2.24) is 24.9 Å². The zero-order valence-electron chi connectivity index (χ0n) is 10.6. The Hall–Kier alpha value is -2.11. The van der Waals surface area contributed by atoms with Gasteiger partial charge in [-0.15, -0.1) is 0 Å². The van der Waals surface area contributed by atoms with E-state index < -0.39 is 0 Å². The van der Waals surface area contributed by atoms with E-state index in [-0.39, 0.29) is 5.91 Å². The molecule has 0 aliphatic rings. The Morgan fingerprint density at radius 3 is 2.78 bits per heavy atom. The van der Waals surface area contributed by atoms with Crippen molar-refractivity contribution in [3.8, 4) is 0 Å². The average molecular weight is 247 g/mol. The van der Waals surface area contributed by atoms with E-state index in [2.05, 4.69) is 15.5 Å². The van der Waals surface area contributed by atoms with Crippen LogP contribution in [0, 0.1) is 6.92 Å². The lowest BCUT2D eigenvalue weighted by Crippen LogP contribution is -2.23. The summed E-state index contributed by atoms with van der Waals surface area (Å²) < 4.78 is 3.49. The summed E-state index contributed by atoms with van der Waals surface area (Å²) in [6, 6.07) is 0. The van der Waals surface area contributed by atoms with Crippen molar-refractivity contribution in [3.63, 3.8) is 0 Å². The van der Waals surface area contributed by atoms with E-state index >= 15 is 0 Å². The van der Waals surface area contributed by atoms with Crippen LogP contribution in [0.15, 0.2) is 24.8 Å². The van der Waals surface area contributed by atoms with E-state index in [1.165, 1.54) is 0 Å². The first kappa shape index (κ1) is 12.3. The van der Waals surface area contributed by atoms with Crippen molar-refractivity contribution >= 4 is 5.91 Å². The van der Waals surface area contributed by atoms with Crippen LogP contribution < -0.4 is 5.32 Å². The topological polar surface area (TPSA) is 64.7 Å². The third-order valence-electron chi connectivity index (χ3n) is 2.58. The van der Waals surface area contributed by atoms with E-state index in [9.17, 15) is 4.79 Å². The van der Waals surface area contributed by atoms with Crippen LogP contribution in [-0.2, 0) is 24.9 Å². The number of nitrogens with one attached hydrogen (secondary N) is 1. The van der Waals surface area contributed by atoms with Gasteiger partial charge in [0, 0.05) is 44.5 Å². The van der Waals surface area contributed by atoms with Crippen LogP contribution in [0.4, 0.5) is 0 Å². The quantitative estimate of drug-likeness (QED) is 0.843. The van der Waals surface area contributed by atoms with Gasteiger partial charge in [-0.25, -0.2) is 0 Å². The van der Waals surface area contributed by atoms with Crippen LogP contribution in [0.1, 0.15) is 17.5 Å². The minimum atomic E-state index is 0.0204. The van der Waals surface area contributed by atoms with Crippen LogP contribution >= 0.6 is 0 Å². The molecule has 2 heterocycles. The number of carbonyl (C=O) groups excluding carboxylic acids is 1. The van der Waals surface area contributed by atoms with Crippen LogP contribution in [0.2, 0.25) is 0 Å². The highest BCUT2D eigenvalue weighted by molar-refractivity contribution is 5.75. The lowest BCUT2D eigenvalue weighted by atomic mass is 10.3. The smallest absolute Gasteiger partial charge is 0.222 e. The second-order valence-electron chi connectivity index (χ2n) is 4.33. The van der Waals surface area contributed by atoms with Gasteiger partial charge in [-0.1, -0.05) is 0 Å². The molecule has 0 aliphatic carbocycles. The number of amides is 1. The summed E-state index contributed by atoms with van der Waals surface area (Å²) in [4.78, 5) is 11.6. The predicted molar refractivity (Wildman–Crippen MR) is 66.6 cm³/mol. The summed E-state index contributed by atoms with van der Waals surface area (Å²) in [6.45, 7) is 3.10. The minimum absolute atomic E-state index is 0.0204. The number of aromatic nitrogens is 4. The van der Waals surface area contributed by atoms with Crippen LogP contribution in [0.25, 0.3) is 0 Å². The summed E-state index contributed by atoms with van der Waals surface area (Å²) in [6.07, 6.45) is 7.78. The van der Waals surface area contributed by atoms with Crippen molar-refractivity contribution in [1.29, 1.82) is 0 Å². The third kappa shape index (κ3) is 3.44. The normalized spacial score (nSPS) is 10.6. The molecule has 18 heavy (non-hydrogen) atoms. The largest absolute Gasteiger partial charge is 0.352 e. The molecule has 0 radical (unpaired) electrons. The van der Waals surface area contributed by atoms with Gasteiger partial charge < -0.3 is 5.32 Å². The highest BCUT2D eigenvalue weighted by Gasteiger charge is 2.03. The molecule has 6 nitrogen and oxygen atoms in total. The summed E-state index contributed by atoms with van der Waals surface area (Å²) in [7, 11) is 1.85. The molecule has 1 N–H and O–H groups in total. The van der Waals surface area contributed by atoms with Crippen molar-refractivity contribution in [3.05, 3.63) is 35.9 Å². The zero-order chi connectivity index (χ0) is 13.0. The molecule has 2 aromatic rings. The van der Waals surface area contributed by atoms with Gasteiger partial charge in [-0.3, -0.25) is 14.2 Å². The Bertz CT molecular complexity index is 482. The monoisotopic (exact) mass is 247 g/mol. The molecule has 0 atom stereocenters. The fourth-order valence-electron chi connectivity index (χ4n) is 1.66. The van der Waals surface area contributed by atoms with Crippen molar-refractivity contribution < 1.29 is 4.79 Å². The van der Waals surface area contributed by atoms with Crippen LogP contribution in [0.3, 0.4) is 0 Å². The van der Waals surface area contributed by atoms with Crippen LogP contribution in [0.5, 0.6) is 0 Å². The molecule has 0 spiro atoms. The second-order valence-corrected chi connectivity index (χ2v) is 4.33. The average Bonchev–Trinajstić information content (AvgIpc) is 2.93. The first-order valence-electron chi connectivity index (χ1n) is 5.87. The van der Waals surface area contributed by atoms with E-state index in [0.29, 0.717) is 19.5 Å². The Kier molecular flexibility index (Phi) is 3.76. The Balaban J connectivity index is 1.72. The van der Waals surface area contributed by atoms with E-state index in [4.69, 9.17) is 0 Å². The van der Waals surface area contributed by atoms with Crippen LogP contribution in [-0.4, -0.2) is 25.5 Å². The molecule has 0 aromatic carbocycles. The number of aryl methyl sites for hydroxylation is 3. The Labute approximate surface area is 106 Å².